The number of fused-ring (bicyclic) bond motifs is 2. The average Bonchev–Trinajstić information content (AvgIpc) is 3.42. The standard InChI is InChI=1S/C27H28FN3OS3/c1-17(2)31-14-13-20-23(16-31)35-27(25(20)26-29-21-6-3-4-7-22(21)34-26)30-24(32)8-5-15-33-19-11-9-18(28)10-12-19/h3-4,6-7,9-12,17H,5,8,13-16H2,1-2H3,(H,30,32). The summed E-state index contributed by atoms with van der Waals surface area (Å²) in [6.07, 6.45) is 2.18. The monoisotopic (exact) mass is 525 g/mol. The van der Waals surface area contributed by atoms with Gasteiger partial charge in [0.1, 0.15) is 15.8 Å². The number of halogens is 1. The van der Waals surface area contributed by atoms with Crippen LogP contribution in [0.5, 0.6) is 0 Å². The number of para-hydroxylation sites is 1. The lowest BCUT2D eigenvalue weighted by Crippen LogP contribution is -2.35. The molecule has 35 heavy (non-hydrogen) atoms. The van der Waals surface area contributed by atoms with Crippen LogP contribution in [0.3, 0.4) is 0 Å². The second kappa shape index (κ2) is 10.8. The van der Waals surface area contributed by atoms with Crippen molar-refractivity contribution in [3.8, 4) is 10.6 Å². The van der Waals surface area contributed by atoms with Crippen LogP contribution < -0.4 is 5.32 Å². The largest absolute Gasteiger partial charge is 0.317 e. The molecule has 0 saturated carbocycles. The van der Waals surface area contributed by atoms with Crippen LogP contribution in [0.1, 0.15) is 37.1 Å². The molecule has 1 aliphatic rings. The Morgan fingerprint density at radius 1 is 1.17 bits per heavy atom. The molecule has 0 bridgehead atoms. The maximum absolute atomic E-state index is 13.1. The second-order valence-corrected chi connectivity index (χ2v) is 12.3. The van der Waals surface area contributed by atoms with E-state index < -0.39 is 0 Å². The Kier molecular flexibility index (Phi) is 7.53. The molecule has 1 N–H and O–H groups in total. The third kappa shape index (κ3) is 5.61. The fourth-order valence-electron chi connectivity index (χ4n) is 4.30. The van der Waals surface area contributed by atoms with Crippen molar-refractivity contribution in [1.29, 1.82) is 0 Å². The minimum atomic E-state index is -0.229. The molecule has 4 nitrogen and oxygen atoms in total. The minimum Gasteiger partial charge on any atom is -0.317 e. The average molecular weight is 526 g/mol. The summed E-state index contributed by atoms with van der Waals surface area (Å²) >= 11 is 5.05. The van der Waals surface area contributed by atoms with Gasteiger partial charge in [-0.05, 0) is 74.4 Å². The van der Waals surface area contributed by atoms with Crippen LogP contribution in [-0.4, -0.2) is 34.1 Å². The second-order valence-electron chi connectivity index (χ2n) is 8.96. The van der Waals surface area contributed by atoms with Gasteiger partial charge in [0.2, 0.25) is 5.91 Å². The van der Waals surface area contributed by atoms with Crippen molar-refractivity contribution in [2.45, 2.75) is 50.6 Å². The van der Waals surface area contributed by atoms with E-state index in [1.165, 1.54) is 22.6 Å². The number of carbonyl (C=O) groups excluding carboxylic acids is 1. The summed E-state index contributed by atoms with van der Waals surface area (Å²) in [4.78, 5) is 22.7. The van der Waals surface area contributed by atoms with Gasteiger partial charge in [-0.1, -0.05) is 12.1 Å². The number of nitrogens with one attached hydrogen (secondary N) is 1. The van der Waals surface area contributed by atoms with Gasteiger partial charge in [0.05, 0.1) is 10.2 Å². The first kappa shape index (κ1) is 24.4. The van der Waals surface area contributed by atoms with Crippen molar-refractivity contribution in [3.63, 3.8) is 0 Å². The van der Waals surface area contributed by atoms with E-state index in [-0.39, 0.29) is 11.7 Å². The Morgan fingerprint density at radius 3 is 2.74 bits per heavy atom. The SMILES string of the molecule is CC(C)N1CCc2c(sc(NC(=O)CCCSc3ccc(F)cc3)c2-c2nc3ccccc3s2)C1. The van der Waals surface area contributed by atoms with E-state index >= 15 is 0 Å². The van der Waals surface area contributed by atoms with Gasteiger partial charge in [-0.2, -0.15) is 0 Å². The van der Waals surface area contributed by atoms with E-state index in [1.807, 2.05) is 18.2 Å². The van der Waals surface area contributed by atoms with Gasteiger partial charge in [0.25, 0.3) is 0 Å². The summed E-state index contributed by atoms with van der Waals surface area (Å²) < 4.78 is 14.2. The Balaban J connectivity index is 1.32. The molecule has 3 heterocycles. The molecule has 0 fully saturated rings. The molecule has 0 aliphatic carbocycles. The van der Waals surface area contributed by atoms with E-state index in [2.05, 4.69) is 30.1 Å². The Morgan fingerprint density at radius 2 is 1.97 bits per heavy atom. The molecule has 2 aromatic carbocycles. The van der Waals surface area contributed by atoms with Crippen LogP contribution in [0.15, 0.2) is 53.4 Å². The zero-order valence-electron chi connectivity index (χ0n) is 19.8. The number of nitrogens with zero attached hydrogens (tertiary/aromatic N) is 2. The van der Waals surface area contributed by atoms with Crippen molar-refractivity contribution in [1.82, 2.24) is 9.88 Å². The first-order valence-electron chi connectivity index (χ1n) is 11.9. The maximum atomic E-state index is 13.1. The molecular weight excluding hydrogens is 498 g/mol. The number of thiophene rings is 1. The summed E-state index contributed by atoms with van der Waals surface area (Å²) in [6, 6.07) is 15.2. The normalized spacial score (nSPS) is 13.9. The fraction of sp³-hybridized carbons (Fsp3) is 0.333. The van der Waals surface area contributed by atoms with Crippen LogP contribution in [-0.2, 0) is 17.8 Å². The lowest BCUT2D eigenvalue weighted by atomic mass is 10.0. The number of benzene rings is 2. The first-order chi connectivity index (χ1) is 17.0. The number of amides is 1. The number of anilines is 1. The molecule has 2 aromatic heterocycles. The van der Waals surface area contributed by atoms with Crippen LogP contribution in [0.4, 0.5) is 9.39 Å². The van der Waals surface area contributed by atoms with Gasteiger partial charge >= 0.3 is 0 Å². The molecule has 8 heteroatoms. The zero-order valence-corrected chi connectivity index (χ0v) is 22.3. The van der Waals surface area contributed by atoms with Gasteiger partial charge in [-0.15, -0.1) is 34.4 Å². The number of rotatable bonds is 8. The van der Waals surface area contributed by atoms with Crippen LogP contribution in [0, 0.1) is 5.82 Å². The highest BCUT2D eigenvalue weighted by molar-refractivity contribution is 7.99. The lowest BCUT2D eigenvalue weighted by molar-refractivity contribution is -0.116. The topological polar surface area (TPSA) is 45.2 Å². The van der Waals surface area contributed by atoms with E-state index in [9.17, 15) is 9.18 Å². The molecule has 0 spiro atoms. The van der Waals surface area contributed by atoms with Gasteiger partial charge in [-0.25, -0.2) is 9.37 Å². The maximum Gasteiger partial charge on any atom is 0.225 e. The third-order valence-corrected chi connectivity index (χ3v) is 9.49. The smallest absolute Gasteiger partial charge is 0.225 e. The molecule has 1 aliphatic heterocycles. The lowest BCUT2D eigenvalue weighted by Gasteiger charge is -2.30. The Labute approximate surface area is 217 Å². The summed E-state index contributed by atoms with van der Waals surface area (Å²) in [6.45, 7) is 6.41. The fourth-order valence-corrected chi connectivity index (χ4v) is 7.55. The van der Waals surface area contributed by atoms with Gasteiger partial charge in [-0.3, -0.25) is 9.69 Å². The quantitative estimate of drug-likeness (QED) is 0.192. The highest BCUT2D eigenvalue weighted by Gasteiger charge is 2.28. The van der Waals surface area contributed by atoms with Gasteiger partial charge in [0.15, 0.2) is 0 Å². The van der Waals surface area contributed by atoms with Crippen LogP contribution in [0.2, 0.25) is 0 Å². The molecule has 4 aromatic rings. The number of thiazole rings is 1. The predicted octanol–water partition coefficient (Wildman–Crippen LogP) is 7.44. The molecule has 5 rings (SSSR count). The number of hydrogen-bond acceptors (Lipinski definition) is 6. The summed E-state index contributed by atoms with van der Waals surface area (Å²) in [5.41, 5.74) is 3.46. The number of aromatic nitrogens is 1. The molecule has 0 atom stereocenters. The van der Waals surface area contributed by atoms with Crippen molar-refractivity contribution >= 4 is 55.6 Å². The van der Waals surface area contributed by atoms with E-state index in [0.29, 0.717) is 12.5 Å². The minimum absolute atomic E-state index is 0.0337. The molecule has 182 valence electrons. The molecule has 0 unspecified atom stereocenters. The van der Waals surface area contributed by atoms with Gasteiger partial charge < -0.3 is 5.32 Å². The molecule has 1 amide bonds. The van der Waals surface area contributed by atoms with E-state index in [0.717, 1.165) is 62.4 Å². The van der Waals surface area contributed by atoms with Crippen molar-refractivity contribution in [2.75, 3.05) is 17.6 Å². The zero-order chi connectivity index (χ0) is 24.4. The predicted molar refractivity (Wildman–Crippen MR) is 147 cm³/mol. The van der Waals surface area contributed by atoms with Crippen LogP contribution in [0.25, 0.3) is 20.8 Å². The molecular formula is C27H28FN3OS3. The third-order valence-electron chi connectivity index (χ3n) is 6.21. The van der Waals surface area contributed by atoms with Crippen LogP contribution >= 0.6 is 34.4 Å². The Hall–Kier alpha value is -2.26. The van der Waals surface area contributed by atoms with Crippen molar-refractivity contribution in [3.05, 3.63) is 64.8 Å². The number of hydrogen-bond donors (Lipinski definition) is 1. The van der Waals surface area contributed by atoms with E-state index in [4.69, 9.17) is 4.98 Å². The highest BCUT2D eigenvalue weighted by Crippen LogP contribution is 2.46. The molecule has 0 saturated heterocycles. The van der Waals surface area contributed by atoms with Crippen molar-refractivity contribution in [2.24, 2.45) is 0 Å². The Bertz CT molecular complexity index is 1300. The summed E-state index contributed by atoms with van der Waals surface area (Å²) in [5.74, 6) is 0.618. The number of carbonyl (C=O) groups is 1. The first-order valence-corrected chi connectivity index (χ1v) is 14.5. The summed E-state index contributed by atoms with van der Waals surface area (Å²) in [5, 5.41) is 5.15. The summed E-state index contributed by atoms with van der Waals surface area (Å²) in [7, 11) is 0. The number of thioether (sulfide) groups is 1. The van der Waals surface area contributed by atoms with Gasteiger partial charge in [0, 0.05) is 40.9 Å². The molecule has 0 radical (unpaired) electrons. The van der Waals surface area contributed by atoms with Crippen molar-refractivity contribution < 1.29 is 9.18 Å². The highest BCUT2D eigenvalue weighted by atomic mass is 32.2. The van der Waals surface area contributed by atoms with E-state index in [1.54, 1.807) is 46.6 Å².